The maximum atomic E-state index is 12.2. The Morgan fingerprint density at radius 2 is 2.00 bits per heavy atom. The first-order chi connectivity index (χ1) is 10.9. The third kappa shape index (κ3) is 3.95. The zero-order chi connectivity index (χ0) is 17.0. The van der Waals surface area contributed by atoms with E-state index in [0.29, 0.717) is 0 Å². The predicted octanol–water partition coefficient (Wildman–Crippen LogP) is 2.45. The summed E-state index contributed by atoms with van der Waals surface area (Å²) < 4.78 is 0. The standard InChI is InChI=1S/C13H10N4O5S/c1-6(18)15-9-4-7(12(20)21)2-3-8(9)11(19)16-13-14-5-10(17-22)23-13/h2-5H,1H3,(H,15,18)(H,20,21)(H,14,16,19). The highest BCUT2D eigenvalue weighted by Gasteiger charge is 2.16. The second-order valence-corrected chi connectivity index (χ2v) is 5.30. The molecule has 23 heavy (non-hydrogen) atoms. The van der Waals surface area contributed by atoms with Gasteiger partial charge in [-0.3, -0.25) is 14.9 Å². The summed E-state index contributed by atoms with van der Waals surface area (Å²) in [5.41, 5.74) is 0.0354. The van der Waals surface area contributed by atoms with Crippen molar-refractivity contribution in [2.45, 2.75) is 6.92 Å². The molecule has 0 aliphatic carbocycles. The number of aromatic nitrogens is 1. The van der Waals surface area contributed by atoms with Gasteiger partial charge in [0.2, 0.25) is 5.91 Å². The largest absolute Gasteiger partial charge is 0.478 e. The van der Waals surface area contributed by atoms with Crippen LogP contribution in [0.4, 0.5) is 15.8 Å². The molecule has 9 nitrogen and oxygen atoms in total. The molecule has 2 amide bonds. The number of rotatable bonds is 5. The molecular weight excluding hydrogens is 324 g/mol. The van der Waals surface area contributed by atoms with Crippen molar-refractivity contribution in [3.63, 3.8) is 0 Å². The fraction of sp³-hybridized carbons (Fsp3) is 0.0769. The van der Waals surface area contributed by atoms with E-state index in [1.165, 1.54) is 31.3 Å². The Balaban J connectivity index is 2.32. The number of carboxylic acid groups (broad SMARTS) is 1. The number of thiazole rings is 1. The van der Waals surface area contributed by atoms with Crippen LogP contribution in [0.5, 0.6) is 0 Å². The zero-order valence-corrected chi connectivity index (χ0v) is 12.5. The van der Waals surface area contributed by atoms with Crippen LogP contribution in [-0.4, -0.2) is 27.9 Å². The Bertz CT molecular complexity index is 801. The number of carboxylic acids is 1. The number of anilines is 2. The molecule has 0 bridgehead atoms. The summed E-state index contributed by atoms with van der Waals surface area (Å²) in [5, 5.41) is 16.8. The van der Waals surface area contributed by atoms with Crippen molar-refractivity contribution < 1.29 is 19.5 Å². The molecule has 0 fully saturated rings. The number of aromatic carboxylic acids is 1. The number of nitrogens with one attached hydrogen (secondary N) is 2. The van der Waals surface area contributed by atoms with Gasteiger partial charge >= 0.3 is 5.97 Å². The van der Waals surface area contributed by atoms with Crippen molar-refractivity contribution in [2.24, 2.45) is 5.18 Å². The summed E-state index contributed by atoms with van der Waals surface area (Å²) in [7, 11) is 0. The SMILES string of the molecule is CC(=O)Nc1cc(C(=O)O)ccc1C(=O)Nc1ncc(N=O)s1. The van der Waals surface area contributed by atoms with Crippen LogP contribution in [0.25, 0.3) is 0 Å². The van der Waals surface area contributed by atoms with Crippen LogP contribution < -0.4 is 10.6 Å². The predicted molar refractivity (Wildman–Crippen MR) is 83.2 cm³/mol. The molecule has 0 aliphatic rings. The van der Waals surface area contributed by atoms with Gasteiger partial charge in [-0.15, -0.1) is 4.91 Å². The van der Waals surface area contributed by atoms with Crippen LogP contribution in [0.1, 0.15) is 27.6 Å². The van der Waals surface area contributed by atoms with Crippen LogP contribution in [0.3, 0.4) is 0 Å². The number of nitrogens with zero attached hydrogens (tertiary/aromatic N) is 2. The fourth-order valence-electron chi connectivity index (χ4n) is 1.70. The van der Waals surface area contributed by atoms with Crippen LogP contribution >= 0.6 is 11.3 Å². The Morgan fingerprint density at radius 1 is 1.26 bits per heavy atom. The number of hydrogen-bond acceptors (Lipinski definition) is 7. The summed E-state index contributed by atoms with van der Waals surface area (Å²) in [4.78, 5) is 48.6. The lowest BCUT2D eigenvalue weighted by molar-refractivity contribution is -0.114. The Hall–Kier alpha value is -3.14. The minimum atomic E-state index is -1.19. The minimum Gasteiger partial charge on any atom is -0.478 e. The molecule has 0 aliphatic heterocycles. The minimum absolute atomic E-state index is 0.0557. The second kappa shape index (κ2) is 6.75. The van der Waals surface area contributed by atoms with Gasteiger partial charge in [0.25, 0.3) is 5.91 Å². The van der Waals surface area contributed by atoms with Gasteiger partial charge < -0.3 is 10.4 Å². The van der Waals surface area contributed by atoms with Crippen molar-refractivity contribution in [1.82, 2.24) is 4.98 Å². The number of benzene rings is 1. The fourth-order valence-corrected chi connectivity index (χ4v) is 2.29. The molecule has 2 rings (SSSR count). The van der Waals surface area contributed by atoms with E-state index in [1.54, 1.807) is 0 Å². The monoisotopic (exact) mass is 334 g/mol. The third-order valence-corrected chi connectivity index (χ3v) is 3.42. The first-order valence-electron chi connectivity index (χ1n) is 6.16. The molecule has 0 unspecified atom stereocenters. The Morgan fingerprint density at radius 3 is 2.57 bits per heavy atom. The number of amides is 2. The van der Waals surface area contributed by atoms with Crippen LogP contribution in [0, 0.1) is 4.91 Å². The van der Waals surface area contributed by atoms with Gasteiger partial charge in [-0.2, -0.15) is 0 Å². The van der Waals surface area contributed by atoms with E-state index in [9.17, 15) is 19.3 Å². The average molecular weight is 334 g/mol. The van der Waals surface area contributed by atoms with Gasteiger partial charge in [-0.1, -0.05) is 11.3 Å². The van der Waals surface area contributed by atoms with Crippen LogP contribution in [0.2, 0.25) is 0 Å². The number of carbonyl (C=O) groups excluding carboxylic acids is 2. The van der Waals surface area contributed by atoms with Crippen molar-refractivity contribution >= 4 is 44.9 Å². The molecule has 0 saturated heterocycles. The van der Waals surface area contributed by atoms with Gasteiger partial charge in [0.1, 0.15) is 0 Å². The van der Waals surface area contributed by atoms with E-state index in [0.717, 1.165) is 11.3 Å². The van der Waals surface area contributed by atoms with Gasteiger partial charge in [0.05, 0.1) is 23.0 Å². The number of carbonyl (C=O) groups is 3. The lowest BCUT2D eigenvalue weighted by atomic mass is 10.1. The maximum absolute atomic E-state index is 12.2. The zero-order valence-electron chi connectivity index (χ0n) is 11.7. The molecule has 0 radical (unpaired) electrons. The summed E-state index contributed by atoms with van der Waals surface area (Å²) in [6, 6.07) is 3.69. The lowest BCUT2D eigenvalue weighted by Crippen LogP contribution is -2.17. The van der Waals surface area contributed by atoms with Gasteiger partial charge in [0, 0.05) is 6.92 Å². The molecule has 10 heteroatoms. The number of hydrogen-bond donors (Lipinski definition) is 3. The smallest absolute Gasteiger partial charge is 0.335 e. The molecule has 1 heterocycles. The number of nitroso groups, excluding NO2 is 1. The maximum Gasteiger partial charge on any atom is 0.335 e. The molecule has 2 aromatic rings. The van der Waals surface area contributed by atoms with E-state index in [1.807, 2.05) is 0 Å². The van der Waals surface area contributed by atoms with E-state index in [2.05, 4.69) is 20.8 Å². The summed E-state index contributed by atoms with van der Waals surface area (Å²) in [6.45, 7) is 1.23. The molecule has 3 N–H and O–H groups in total. The second-order valence-electron chi connectivity index (χ2n) is 4.30. The van der Waals surface area contributed by atoms with Crippen molar-refractivity contribution in [3.8, 4) is 0 Å². The van der Waals surface area contributed by atoms with Gasteiger partial charge in [0.15, 0.2) is 10.1 Å². The first kappa shape index (κ1) is 16.2. The van der Waals surface area contributed by atoms with E-state index in [4.69, 9.17) is 5.11 Å². The Labute approximate surface area is 133 Å². The molecule has 0 atom stereocenters. The van der Waals surface area contributed by atoms with E-state index in [-0.39, 0.29) is 26.9 Å². The van der Waals surface area contributed by atoms with Crippen LogP contribution in [0.15, 0.2) is 29.6 Å². The highest BCUT2D eigenvalue weighted by molar-refractivity contribution is 7.19. The lowest BCUT2D eigenvalue weighted by Gasteiger charge is -2.10. The third-order valence-electron chi connectivity index (χ3n) is 2.63. The summed E-state index contributed by atoms with van der Waals surface area (Å²) >= 11 is 0.880. The molecule has 1 aromatic heterocycles. The van der Waals surface area contributed by atoms with Gasteiger partial charge in [-0.05, 0) is 23.4 Å². The molecular formula is C13H10N4O5S. The van der Waals surface area contributed by atoms with Crippen molar-refractivity contribution in [1.29, 1.82) is 0 Å². The topological polar surface area (TPSA) is 138 Å². The van der Waals surface area contributed by atoms with Crippen molar-refractivity contribution in [2.75, 3.05) is 10.6 Å². The van der Waals surface area contributed by atoms with E-state index >= 15 is 0 Å². The molecule has 118 valence electrons. The highest BCUT2D eigenvalue weighted by atomic mass is 32.1. The van der Waals surface area contributed by atoms with Crippen LogP contribution in [-0.2, 0) is 4.79 Å². The molecule has 1 aromatic carbocycles. The summed E-state index contributed by atoms with van der Waals surface area (Å²) in [5.74, 6) is -2.26. The normalized spacial score (nSPS) is 9.96. The quantitative estimate of drug-likeness (QED) is 0.718. The highest BCUT2D eigenvalue weighted by Crippen LogP contribution is 2.27. The van der Waals surface area contributed by atoms with Gasteiger partial charge in [-0.25, -0.2) is 9.78 Å². The van der Waals surface area contributed by atoms with Crippen molar-refractivity contribution in [3.05, 3.63) is 40.4 Å². The molecule has 0 spiro atoms. The first-order valence-corrected chi connectivity index (χ1v) is 6.98. The molecule has 0 saturated carbocycles. The Kier molecular flexibility index (Phi) is 4.76. The van der Waals surface area contributed by atoms with E-state index < -0.39 is 17.8 Å². The summed E-state index contributed by atoms with van der Waals surface area (Å²) in [6.07, 6.45) is 1.20. The average Bonchev–Trinajstić information content (AvgIpc) is 2.94.